The fourth-order valence-corrected chi connectivity index (χ4v) is 2.64. The number of carbonyl (C=O) groups is 3. The van der Waals surface area contributed by atoms with Crippen LogP contribution in [0.2, 0.25) is 0 Å². The van der Waals surface area contributed by atoms with Crippen LogP contribution in [0.1, 0.15) is 59.3 Å². The van der Waals surface area contributed by atoms with Gasteiger partial charge in [-0.2, -0.15) is 14.8 Å². The Hall–Kier alpha value is -1.20. The molecule has 0 unspecified atom stereocenters. The first-order valence-electron chi connectivity index (χ1n) is 10.0. The molecule has 0 saturated carbocycles. The van der Waals surface area contributed by atoms with Gasteiger partial charge in [0.25, 0.3) is 10.1 Å². The van der Waals surface area contributed by atoms with Crippen LogP contribution in [0.25, 0.3) is 0 Å². The number of carboxylic acid groups (broad SMARTS) is 1. The normalized spacial score (nSPS) is 12.9. The van der Waals surface area contributed by atoms with Gasteiger partial charge in [0.15, 0.2) is 0 Å². The molecular weight excluding hydrogens is 451 g/mol. The molecule has 0 aromatic heterocycles. The van der Waals surface area contributed by atoms with Crippen LogP contribution in [0.4, 0.5) is 0 Å². The Morgan fingerprint density at radius 3 is 1.72 bits per heavy atom. The van der Waals surface area contributed by atoms with E-state index in [2.05, 4.69) is 13.8 Å². The molecule has 0 aromatic carbocycles. The zero-order chi connectivity index (χ0) is 24.3. The third kappa shape index (κ3) is 19.5. The molecule has 11 heteroatoms. The molecule has 0 atom stereocenters. The van der Waals surface area contributed by atoms with Crippen LogP contribution < -0.4 is 29.6 Å². The predicted molar refractivity (Wildman–Crippen MR) is 117 cm³/mol. The Morgan fingerprint density at radius 2 is 1.44 bits per heavy atom. The van der Waals surface area contributed by atoms with E-state index < -0.39 is 33.4 Å². The third-order valence-electron chi connectivity index (χ3n) is 3.95. The fraction of sp³-hybridized carbons (Fsp3) is 0.619. The summed E-state index contributed by atoms with van der Waals surface area (Å²) < 4.78 is 37.5. The van der Waals surface area contributed by atoms with E-state index in [0.29, 0.717) is 6.42 Å². The Morgan fingerprint density at radius 1 is 0.969 bits per heavy atom. The van der Waals surface area contributed by atoms with E-state index >= 15 is 0 Å². The zero-order valence-electron chi connectivity index (χ0n) is 19.5. The average Bonchev–Trinajstić information content (AvgIpc) is 2.66. The molecule has 32 heavy (non-hydrogen) atoms. The van der Waals surface area contributed by atoms with Crippen LogP contribution in [-0.2, 0) is 34.0 Å². The van der Waals surface area contributed by atoms with Crippen LogP contribution in [0, 0.1) is 12.3 Å². The van der Waals surface area contributed by atoms with Crippen molar-refractivity contribution in [3.05, 3.63) is 31.2 Å². The summed E-state index contributed by atoms with van der Waals surface area (Å²) in [4.78, 5) is 34.8. The van der Waals surface area contributed by atoms with Gasteiger partial charge in [-0.15, -0.1) is 0 Å². The van der Waals surface area contributed by atoms with E-state index in [-0.39, 0.29) is 61.4 Å². The minimum atomic E-state index is -3.74. The second-order valence-corrected chi connectivity index (χ2v) is 8.32. The molecule has 0 aliphatic rings. The second-order valence-electron chi connectivity index (χ2n) is 6.75. The van der Waals surface area contributed by atoms with Crippen molar-refractivity contribution in [1.82, 2.24) is 0 Å². The molecule has 0 aliphatic carbocycles. The smallest absolute Gasteiger partial charge is 0.481 e. The Balaban J connectivity index is -0.000000903. The van der Waals surface area contributed by atoms with E-state index in [1.54, 1.807) is 13.8 Å². The van der Waals surface area contributed by atoms with Crippen LogP contribution in [-0.4, -0.2) is 55.0 Å². The first-order chi connectivity index (χ1) is 14.5. The van der Waals surface area contributed by atoms with Crippen molar-refractivity contribution in [3.8, 4) is 0 Å². The van der Waals surface area contributed by atoms with Gasteiger partial charge in [0.1, 0.15) is 18.6 Å². The van der Waals surface area contributed by atoms with Crippen LogP contribution in [0.3, 0.4) is 0 Å². The summed E-state index contributed by atoms with van der Waals surface area (Å²) in [6.45, 7) is 7.95. The molecule has 0 spiro atoms. The van der Waals surface area contributed by atoms with E-state index in [1.807, 2.05) is 0 Å². The van der Waals surface area contributed by atoms with Gasteiger partial charge in [0, 0.05) is 17.9 Å². The number of esters is 2. The molecule has 9 nitrogen and oxygen atoms in total. The maximum absolute atomic E-state index is 11.8. The molecule has 0 rings (SSSR count). The Kier molecular flexibility index (Phi) is 22.6. The van der Waals surface area contributed by atoms with Gasteiger partial charge in [-0.25, -0.2) is 9.59 Å². The van der Waals surface area contributed by atoms with Crippen molar-refractivity contribution < 1.29 is 71.5 Å². The number of allylic oxidation sites excluding steroid dienone is 2. The van der Waals surface area contributed by atoms with Crippen molar-refractivity contribution in [2.75, 3.05) is 19.0 Å². The molecule has 0 aromatic rings. The number of carbonyl (C=O) groups excluding carboxylic acids is 2. The summed E-state index contributed by atoms with van der Waals surface area (Å²) >= 11 is 0. The standard InChI is InChI=1S/C18H28O6.C3H7O3S.Na/c1-4-7-8-9-12-18(17(21)22,13-23-15(19)10-5-2)14-24-16(20)11-6-3;1-2-3-7(4,5)6;/h5-6,10-11H,4,7-9,12-14H2,1-3H3,(H,21,22);1-3H2,(H,4,5,6);/q;-1;+1. The summed E-state index contributed by atoms with van der Waals surface area (Å²) in [5.74, 6) is -2.61. The van der Waals surface area contributed by atoms with Crippen LogP contribution in [0.15, 0.2) is 24.3 Å². The van der Waals surface area contributed by atoms with Crippen molar-refractivity contribution in [1.29, 1.82) is 0 Å². The van der Waals surface area contributed by atoms with E-state index in [9.17, 15) is 27.9 Å². The van der Waals surface area contributed by atoms with E-state index in [4.69, 9.17) is 14.0 Å². The first-order valence-corrected chi connectivity index (χ1v) is 11.7. The quantitative estimate of drug-likeness (QED) is 0.0888. The summed E-state index contributed by atoms with van der Waals surface area (Å²) in [5, 5.41) is 9.65. The molecule has 0 amide bonds. The Bertz CT molecular complexity index is 672. The maximum atomic E-state index is 11.8. The minimum Gasteiger partial charge on any atom is -0.481 e. The minimum absolute atomic E-state index is 0. The fourth-order valence-electron chi connectivity index (χ4n) is 2.28. The topological polar surface area (TPSA) is 144 Å². The summed E-state index contributed by atoms with van der Waals surface area (Å²) in [6.07, 6.45) is 9.49. The molecule has 180 valence electrons. The van der Waals surface area contributed by atoms with E-state index in [0.717, 1.165) is 19.3 Å². The summed E-state index contributed by atoms with van der Waals surface area (Å²) in [5.41, 5.74) is -1.43. The molecule has 0 bridgehead atoms. The number of unbranched alkanes of at least 4 members (excludes halogenated alkanes) is 3. The van der Waals surface area contributed by atoms with Gasteiger partial charge in [0.2, 0.25) is 0 Å². The number of rotatable bonds is 14. The second kappa shape index (κ2) is 20.4. The summed E-state index contributed by atoms with van der Waals surface area (Å²) in [6, 6.07) is 0. The monoisotopic (exact) mass is 486 g/mol. The number of hydrogen-bond donors (Lipinski definition) is 2. The van der Waals surface area contributed by atoms with Crippen molar-refractivity contribution in [2.24, 2.45) is 5.41 Å². The number of carboxylic acids is 1. The van der Waals surface area contributed by atoms with Gasteiger partial charge in [0.05, 0.1) is 0 Å². The molecule has 0 heterocycles. The predicted octanol–water partition coefficient (Wildman–Crippen LogP) is 0.369. The molecular formula is C21H35NaO9S. The molecule has 2 N–H and O–H groups in total. The first kappa shape index (κ1) is 35.4. The van der Waals surface area contributed by atoms with Gasteiger partial charge in [-0.05, 0) is 20.3 Å². The molecule has 0 aliphatic heterocycles. The maximum Gasteiger partial charge on any atom is 1.00 e. The van der Waals surface area contributed by atoms with Gasteiger partial charge in [-0.1, -0.05) is 44.8 Å². The third-order valence-corrected chi connectivity index (χ3v) is 4.76. The van der Waals surface area contributed by atoms with Crippen LogP contribution in [0.5, 0.6) is 0 Å². The molecule has 0 fully saturated rings. The van der Waals surface area contributed by atoms with E-state index in [1.165, 1.54) is 24.3 Å². The van der Waals surface area contributed by atoms with Gasteiger partial charge < -0.3 is 21.5 Å². The number of aliphatic carboxylic acids is 1. The van der Waals surface area contributed by atoms with Crippen molar-refractivity contribution in [2.45, 2.75) is 59.3 Å². The zero-order valence-corrected chi connectivity index (χ0v) is 22.4. The van der Waals surface area contributed by atoms with Crippen LogP contribution >= 0.6 is 0 Å². The Labute approximate surface area is 213 Å². The average molecular weight is 487 g/mol. The van der Waals surface area contributed by atoms with Crippen molar-refractivity contribution in [3.63, 3.8) is 0 Å². The molecule has 0 radical (unpaired) electrons. The number of hydrogen-bond acceptors (Lipinski definition) is 7. The molecule has 0 saturated heterocycles. The van der Waals surface area contributed by atoms with Gasteiger partial charge in [-0.3, -0.25) is 9.35 Å². The summed E-state index contributed by atoms with van der Waals surface area (Å²) in [7, 11) is -3.74. The number of ether oxygens (including phenoxy) is 2. The SMILES string of the molecule is CC=CC(=O)OCC(CCCCCC)(COC(=O)C=CC)C(=O)O.[CH2-]CCS(=O)(=O)O.[Na+]. The van der Waals surface area contributed by atoms with Crippen molar-refractivity contribution >= 4 is 28.0 Å². The largest absolute Gasteiger partial charge is 1.00 e. The van der Waals surface area contributed by atoms with Gasteiger partial charge >= 0.3 is 47.5 Å².